The summed E-state index contributed by atoms with van der Waals surface area (Å²) in [5.74, 6) is -1.22. The van der Waals surface area contributed by atoms with Gasteiger partial charge in [-0.1, -0.05) is 23.2 Å². The Bertz CT molecular complexity index is 1450. The van der Waals surface area contributed by atoms with Crippen LogP contribution in [0.15, 0.2) is 66.2 Å². The lowest BCUT2D eigenvalue weighted by molar-refractivity contribution is -0.384. The van der Waals surface area contributed by atoms with Gasteiger partial charge in [0.2, 0.25) is 0 Å². The number of nitro groups is 1. The van der Waals surface area contributed by atoms with Gasteiger partial charge in [-0.15, -0.1) is 0 Å². The Morgan fingerprint density at radius 1 is 1.00 bits per heavy atom. The molecule has 0 spiro atoms. The predicted molar refractivity (Wildman–Crippen MR) is 141 cm³/mol. The van der Waals surface area contributed by atoms with Gasteiger partial charge in [-0.25, -0.2) is 9.69 Å². The maximum atomic E-state index is 13.1. The number of hydrogen-bond acceptors (Lipinski definition) is 7. The molecule has 4 rings (SSSR count). The number of non-ortho nitro benzene ring substituents is 1. The Kier molecular flexibility index (Phi) is 7.94. The minimum absolute atomic E-state index is 0.0446. The highest BCUT2D eigenvalue weighted by Crippen LogP contribution is 2.38. The second-order valence-corrected chi connectivity index (χ2v) is 8.75. The molecular formula is C26H19Cl2N3O7. The molecule has 1 heterocycles. The molecule has 3 aromatic rings. The van der Waals surface area contributed by atoms with Gasteiger partial charge in [0.1, 0.15) is 12.2 Å². The second-order valence-electron chi connectivity index (χ2n) is 7.91. The SMILES string of the molecule is CCOc1cc(/C=C2\C(=O)NC(=O)N(c3ccc(Cl)cc3)C2=O)cc(Cl)c1OCc1ccc([N+](=O)[O-])cc1. The van der Waals surface area contributed by atoms with Crippen LogP contribution in [0.1, 0.15) is 18.1 Å². The maximum Gasteiger partial charge on any atom is 0.335 e. The number of anilines is 1. The molecule has 0 atom stereocenters. The molecule has 1 fully saturated rings. The van der Waals surface area contributed by atoms with E-state index in [2.05, 4.69) is 5.32 Å². The summed E-state index contributed by atoms with van der Waals surface area (Å²) in [5, 5.41) is 13.6. The molecule has 0 unspecified atom stereocenters. The third kappa shape index (κ3) is 5.77. The number of nitro benzene ring substituents is 1. The van der Waals surface area contributed by atoms with Crippen LogP contribution < -0.4 is 19.7 Å². The Morgan fingerprint density at radius 2 is 1.68 bits per heavy atom. The molecule has 0 bridgehead atoms. The molecule has 12 heteroatoms. The largest absolute Gasteiger partial charge is 0.490 e. The summed E-state index contributed by atoms with van der Waals surface area (Å²) in [7, 11) is 0. The topological polar surface area (TPSA) is 128 Å². The summed E-state index contributed by atoms with van der Waals surface area (Å²) >= 11 is 12.4. The fourth-order valence-corrected chi connectivity index (χ4v) is 3.99. The number of halogens is 2. The average Bonchev–Trinajstić information content (AvgIpc) is 2.87. The van der Waals surface area contributed by atoms with Crippen LogP contribution in [0.2, 0.25) is 10.0 Å². The first-order valence-electron chi connectivity index (χ1n) is 11.2. The van der Waals surface area contributed by atoms with Crippen molar-refractivity contribution in [1.82, 2.24) is 5.32 Å². The molecule has 38 heavy (non-hydrogen) atoms. The Labute approximate surface area is 226 Å². The first-order chi connectivity index (χ1) is 18.2. The van der Waals surface area contributed by atoms with Gasteiger partial charge in [-0.05, 0) is 72.7 Å². The van der Waals surface area contributed by atoms with Gasteiger partial charge < -0.3 is 9.47 Å². The van der Waals surface area contributed by atoms with E-state index in [1.807, 2.05) is 0 Å². The number of urea groups is 1. The van der Waals surface area contributed by atoms with Crippen molar-refractivity contribution >= 4 is 58.5 Å². The smallest absolute Gasteiger partial charge is 0.335 e. The van der Waals surface area contributed by atoms with Crippen molar-refractivity contribution < 1.29 is 28.8 Å². The zero-order valence-corrected chi connectivity index (χ0v) is 21.3. The van der Waals surface area contributed by atoms with Gasteiger partial charge in [-0.3, -0.25) is 25.0 Å². The van der Waals surface area contributed by atoms with Gasteiger partial charge in [0.25, 0.3) is 17.5 Å². The molecule has 1 saturated heterocycles. The fourth-order valence-electron chi connectivity index (χ4n) is 3.59. The van der Waals surface area contributed by atoms with Crippen molar-refractivity contribution in [2.24, 2.45) is 0 Å². The molecule has 10 nitrogen and oxygen atoms in total. The standard InChI is InChI=1S/C26H19Cl2N3O7/c1-2-37-22-13-16(12-21(28)23(22)38-14-15-3-7-19(8-4-15)31(35)36)11-20-24(32)29-26(34)30(25(20)33)18-9-5-17(27)6-10-18/h3-13H,2,14H2,1H3,(H,29,32,34)/b20-11+. The zero-order valence-electron chi connectivity index (χ0n) is 19.8. The lowest BCUT2D eigenvalue weighted by Crippen LogP contribution is -2.54. The van der Waals surface area contributed by atoms with Crippen LogP contribution in [0.5, 0.6) is 11.5 Å². The van der Waals surface area contributed by atoms with Gasteiger partial charge in [0, 0.05) is 17.2 Å². The maximum absolute atomic E-state index is 13.1. The van der Waals surface area contributed by atoms with Crippen molar-refractivity contribution in [3.05, 3.63) is 97.5 Å². The quantitative estimate of drug-likeness (QED) is 0.167. The first kappa shape index (κ1) is 26.6. The highest BCUT2D eigenvalue weighted by Gasteiger charge is 2.36. The zero-order chi connectivity index (χ0) is 27.4. The van der Waals surface area contributed by atoms with Crippen molar-refractivity contribution in [3.63, 3.8) is 0 Å². The minimum Gasteiger partial charge on any atom is -0.490 e. The third-order valence-corrected chi connectivity index (χ3v) is 5.89. The summed E-state index contributed by atoms with van der Waals surface area (Å²) in [4.78, 5) is 49.3. The number of imide groups is 2. The van der Waals surface area contributed by atoms with Crippen LogP contribution >= 0.6 is 23.2 Å². The number of hydrogen-bond donors (Lipinski definition) is 1. The van der Waals surface area contributed by atoms with Gasteiger partial charge in [0.05, 0.1) is 22.2 Å². The van der Waals surface area contributed by atoms with Crippen LogP contribution in [0.3, 0.4) is 0 Å². The Hall–Kier alpha value is -4.41. The van der Waals surface area contributed by atoms with E-state index in [1.54, 1.807) is 19.1 Å². The van der Waals surface area contributed by atoms with Gasteiger partial charge >= 0.3 is 6.03 Å². The molecule has 3 aromatic carbocycles. The van der Waals surface area contributed by atoms with Crippen molar-refractivity contribution in [2.45, 2.75) is 13.5 Å². The van der Waals surface area contributed by atoms with E-state index in [0.29, 0.717) is 16.1 Å². The average molecular weight is 556 g/mol. The first-order valence-corrected chi connectivity index (χ1v) is 11.9. The van der Waals surface area contributed by atoms with Crippen molar-refractivity contribution in [3.8, 4) is 11.5 Å². The van der Waals surface area contributed by atoms with E-state index in [0.717, 1.165) is 4.90 Å². The number of ether oxygens (including phenoxy) is 2. The van der Waals surface area contributed by atoms with Crippen LogP contribution in [0.4, 0.5) is 16.2 Å². The van der Waals surface area contributed by atoms with Crippen LogP contribution in [-0.2, 0) is 16.2 Å². The lowest BCUT2D eigenvalue weighted by Gasteiger charge is -2.26. The highest BCUT2D eigenvalue weighted by molar-refractivity contribution is 6.39. The number of carbonyl (C=O) groups excluding carboxylic acids is 3. The minimum atomic E-state index is -0.887. The summed E-state index contributed by atoms with van der Waals surface area (Å²) in [6, 6.07) is 14.0. The molecule has 4 amide bonds. The van der Waals surface area contributed by atoms with E-state index in [9.17, 15) is 24.5 Å². The summed E-state index contributed by atoms with van der Waals surface area (Å²) in [6.45, 7) is 2.08. The number of benzene rings is 3. The van der Waals surface area contributed by atoms with Crippen molar-refractivity contribution in [2.75, 3.05) is 11.5 Å². The van der Waals surface area contributed by atoms with Crippen LogP contribution in [-0.4, -0.2) is 29.4 Å². The summed E-state index contributed by atoms with van der Waals surface area (Å²) in [6.07, 6.45) is 1.29. The second kappa shape index (κ2) is 11.3. The van der Waals surface area contributed by atoms with E-state index in [4.69, 9.17) is 32.7 Å². The summed E-state index contributed by atoms with van der Waals surface area (Å²) in [5.41, 5.74) is 0.912. The number of rotatable bonds is 8. The van der Waals surface area contributed by atoms with Crippen LogP contribution in [0, 0.1) is 10.1 Å². The number of carbonyl (C=O) groups is 3. The van der Waals surface area contributed by atoms with E-state index < -0.39 is 22.8 Å². The van der Waals surface area contributed by atoms with Crippen molar-refractivity contribution in [1.29, 1.82) is 0 Å². The fraction of sp³-hybridized carbons (Fsp3) is 0.115. The normalized spacial score (nSPS) is 14.4. The predicted octanol–water partition coefficient (Wildman–Crippen LogP) is 5.55. The molecular weight excluding hydrogens is 537 g/mol. The third-order valence-electron chi connectivity index (χ3n) is 5.36. The molecule has 0 saturated carbocycles. The van der Waals surface area contributed by atoms with Gasteiger partial charge in [-0.2, -0.15) is 0 Å². The molecule has 0 radical (unpaired) electrons. The Balaban J connectivity index is 1.62. The van der Waals surface area contributed by atoms with E-state index in [-0.39, 0.29) is 46.7 Å². The number of barbiturate groups is 1. The molecule has 1 aliphatic heterocycles. The number of nitrogens with zero attached hydrogens (tertiary/aromatic N) is 2. The van der Waals surface area contributed by atoms with Crippen LogP contribution in [0.25, 0.3) is 6.08 Å². The lowest BCUT2D eigenvalue weighted by atomic mass is 10.1. The molecule has 194 valence electrons. The number of nitrogens with one attached hydrogen (secondary N) is 1. The molecule has 1 aliphatic rings. The molecule has 0 aromatic heterocycles. The highest BCUT2D eigenvalue weighted by atomic mass is 35.5. The van der Waals surface area contributed by atoms with E-state index in [1.165, 1.54) is 54.6 Å². The monoisotopic (exact) mass is 555 g/mol. The van der Waals surface area contributed by atoms with Gasteiger partial charge in [0.15, 0.2) is 11.5 Å². The Morgan fingerprint density at radius 3 is 2.32 bits per heavy atom. The summed E-state index contributed by atoms with van der Waals surface area (Å²) < 4.78 is 11.5. The molecule has 0 aliphatic carbocycles. The van der Waals surface area contributed by atoms with E-state index >= 15 is 0 Å². The number of amides is 4. The molecule has 1 N–H and O–H groups in total.